The molecule has 0 saturated heterocycles. The summed E-state index contributed by atoms with van der Waals surface area (Å²) in [4.78, 5) is 4.60. The molecule has 0 radical (unpaired) electrons. The van der Waals surface area contributed by atoms with Crippen LogP contribution in [0.5, 0.6) is 0 Å². The van der Waals surface area contributed by atoms with E-state index in [1.54, 1.807) is 0 Å². The van der Waals surface area contributed by atoms with Gasteiger partial charge in [0.15, 0.2) is 11.5 Å². The molecule has 0 aliphatic heterocycles. The monoisotopic (exact) mass is 216 g/mol. The fourth-order valence-corrected chi connectivity index (χ4v) is 2.09. The lowest BCUT2D eigenvalue weighted by Gasteiger charge is -2.21. The highest BCUT2D eigenvalue weighted by atomic mass is 15.3. The Bertz CT molecular complexity index is 499. The number of pyridine rings is 1. The van der Waals surface area contributed by atoms with Gasteiger partial charge in [0.2, 0.25) is 0 Å². The van der Waals surface area contributed by atoms with Crippen molar-refractivity contribution >= 4 is 5.65 Å². The normalized spacial score (nSPS) is 16.6. The summed E-state index contributed by atoms with van der Waals surface area (Å²) in [5.74, 6) is 1.63. The Morgan fingerprint density at radius 2 is 2.38 bits per heavy atom. The molecule has 0 aromatic carbocycles. The van der Waals surface area contributed by atoms with E-state index in [9.17, 15) is 0 Å². The highest BCUT2D eigenvalue weighted by Crippen LogP contribution is 2.34. The Hall–Kier alpha value is -1.42. The third-order valence-corrected chi connectivity index (χ3v) is 3.27. The van der Waals surface area contributed by atoms with Crippen LogP contribution in [0.4, 0.5) is 0 Å². The van der Waals surface area contributed by atoms with Crippen molar-refractivity contribution in [1.82, 2.24) is 19.9 Å². The van der Waals surface area contributed by atoms with Gasteiger partial charge in [-0.25, -0.2) is 9.50 Å². The molecule has 1 N–H and O–H groups in total. The summed E-state index contributed by atoms with van der Waals surface area (Å²) < 4.78 is 1.88. The zero-order chi connectivity index (χ0) is 11.0. The minimum atomic E-state index is 0.604. The number of nitrogens with one attached hydrogen (secondary N) is 1. The molecule has 2 aromatic heterocycles. The molecule has 4 heteroatoms. The molecular formula is C12H16N4. The fraction of sp³-hybridized carbons (Fsp3) is 0.500. The first-order valence-electron chi connectivity index (χ1n) is 5.86. The summed E-state index contributed by atoms with van der Waals surface area (Å²) in [6.07, 6.45) is 5.82. The van der Waals surface area contributed by atoms with Gasteiger partial charge in [0.1, 0.15) is 0 Å². The van der Waals surface area contributed by atoms with E-state index in [4.69, 9.17) is 0 Å². The molecule has 3 rings (SSSR count). The second-order valence-electron chi connectivity index (χ2n) is 4.47. The van der Waals surface area contributed by atoms with Crippen molar-refractivity contribution in [3.8, 4) is 0 Å². The Morgan fingerprint density at radius 1 is 1.50 bits per heavy atom. The van der Waals surface area contributed by atoms with Crippen LogP contribution >= 0.6 is 0 Å². The molecule has 4 nitrogen and oxygen atoms in total. The molecule has 2 aromatic rings. The van der Waals surface area contributed by atoms with Crippen LogP contribution in [0.1, 0.15) is 36.6 Å². The largest absolute Gasteiger partial charge is 0.316 e. The zero-order valence-electron chi connectivity index (χ0n) is 9.48. The van der Waals surface area contributed by atoms with Gasteiger partial charge in [-0.15, -0.1) is 0 Å². The van der Waals surface area contributed by atoms with E-state index in [-0.39, 0.29) is 0 Å². The molecule has 0 unspecified atom stereocenters. The van der Waals surface area contributed by atoms with E-state index in [0.717, 1.165) is 18.0 Å². The van der Waals surface area contributed by atoms with Crippen molar-refractivity contribution in [2.45, 2.75) is 31.7 Å². The van der Waals surface area contributed by atoms with Gasteiger partial charge in [0.25, 0.3) is 0 Å². The summed E-state index contributed by atoms with van der Waals surface area (Å²) in [5, 5.41) is 7.66. The molecule has 0 bridgehead atoms. The minimum absolute atomic E-state index is 0.604. The van der Waals surface area contributed by atoms with Gasteiger partial charge in [-0.05, 0) is 37.6 Å². The van der Waals surface area contributed by atoms with Gasteiger partial charge in [-0.3, -0.25) is 0 Å². The van der Waals surface area contributed by atoms with E-state index >= 15 is 0 Å². The van der Waals surface area contributed by atoms with Crippen molar-refractivity contribution in [1.29, 1.82) is 0 Å². The smallest absolute Gasteiger partial charge is 0.155 e. The van der Waals surface area contributed by atoms with Crippen LogP contribution in [0.25, 0.3) is 5.65 Å². The SMILES string of the molecule is CNCc1ccn2nc(C3CCC3)nc2c1. The topological polar surface area (TPSA) is 42.2 Å². The molecular weight excluding hydrogens is 200 g/mol. The lowest BCUT2D eigenvalue weighted by Crippen LogP contribution is -2.10. The maximum Gasteiger partial charge on any atom is 0.155 e. The average Bonchev–Trinajstić information content (AvgIpc) is 2.57. The van der Waals surface area contributed by atoms with Gasteiger partial charge in [-0.1, -0.05) is 6.42 Å². The van der Waals surface area contributed by atoms with E-state index in [1.165, 1.54) is 24.8 Å². The molecule has 0 amide bonds. The first kappa shape index (κ1) is 9.78. The van der Waals surface area contributed by atoms with Crippen molar-refractivity contribution in [2.75, 3.05) is 7.05 Å². The molecule has 0 spiro atoms. The first-order valence-corrected chi connectivity index (χ1v) is 5.86. The van der Waals surface area contributed by atoms with Crippen LogP contribution in [-0.4, -0.2) is 21.6 Å². The van der Waals surface area contributed by atoms with E-state index in [2.05, 4.69) is 27.5 Å². The van der Waals surface area contributed by atoms with Gasteiger partial charge < -0.3 is 5.32 Å². The molecule has 84 valence electrons. The third-order valence-electron chi connectivity index (χ3n) is 3.27. The third kappa shape index (κ3) is 1.59. The number of nitrogens with zero attached hydrogens (tertiary/aromatic N) is 3. The second-order valence-corrected chi connectivity index (χ2v) is 4.47. The predicted molar refractivity (Wildman–Crippen MR) is 62.3 cm³/mol. The minimum Gasteiger partial charge on any atom is -0.316 e. The highest BCUT2D eigenvalue weighted by Gasteiger charge is 2.23. The van der Waals surface area contributed by atoms with Crippen LogP contribution in [-0.2, 0) is 6.54 Å². The second kappa shape index (κ2) is 3.87. The highest BCUT2D eigenvalue weighted by molar-refractivity contribution is 5.41. The summed E-state index contributed by atoms with van der Waals surface area (Å²) in [7, 11) is 1.95. The van der Waals surface area contributed by atoms with E-state index in [1.807, 2.05) is 17.8 Å². The van der Waals surface area contributed by atoms with Crippen molar-refractivity contribution < 1.29 is 0 Å². The van der Waals surface area contributed by atoms with E-state index < -0.39 is 0 Å². The Morgan fingerprint density at radius 3 is 3.06 bits per heavy atom. The standard InChI is InChI=1S/C12H16N4/c1-13-8-9-5-6-16-11(7-9)14-12(15-16)10-3-2-4-10/h5-7,10,13H,2-4,8H2,1H3. The quantitative estimate of drug-likeness (QED) is 0.849. The van der Waals surface area contributed by atoms with Gasteiger partial charge >= 0.3 is 0 Å². The maximum absolute atomic E-state index is 4.60. The van der Waals surface area contributed by atoms with Crippen molar-refractivity contribution in [3.63, 3.8) is 0 Å². The Kier molecular flexibility index (Phi) is 2.36. The average molecular weight is 216 g/mol. The molecule has 2 heterocycles. The number of hydrogen-bond donors (Lipinski definition) is 1. The van der Waals surface area contributed by atoms with Crippen LogP contribution in [0.15, 0.2) is 18.3 Å². The van der Waals surface area contributed by atoms with Crippen LogP contribution in [0.3, 0.4) is 0 Å². The number of rotatable bonds is 3. The van der Waals surface area contributed by atoms with E-state index in [0.29, 0.717) is 5.92 Å². The van der Waals surface area contributed by atoms with Crippen LogP contribution < -0.4 is 5.32 Å². The zero-order valence-corrected chi connectivity index (χ0v) is 9.48. The lowest BCUT2D eigenvalue weighted by atomic mass is 9.85. The number of fused-ring (bicyclic) bond motifs is 1. The molecule has 1 aliphatic carbocycles. The first-order chi connectivity index (χ1) is 7.86. The molecule has 1 fully saturated rings. The lowest BCUT2D eigenvalue weighted by molar-refractivity contribution is 0.402. The molecule has 0 atom stereocenters. The van der Waals surface area contributed by atoms with Crippen molar-refractivity contribution in [2.24, 2.45) is 0 Å². The Balaban J connectivity index is 1.96. The van der Waals surface area contributed by atoms with Crippen LogP contribution in [0.2, 0.25) is 0 Å². The van der Waals surface area contributed by atoms with Crippen LogP contribution in [0, 0.1) is 0 Å². The summed E-state index contributed by atoms with van der Waals surface area (Å²) in [5.41, 5.74) is 2.22. The van der Waals surface area contributed by atoms with Crippen molar-refractivity contribution in [3.05, 3.63) is 29.7 Å². The molecule has 16 heavy (non-hydrogen) atoms. The van der Waals surface area contributed by atoms with Gasteiger partial charge in [0.05, 0.1) is 0 Å². The summed E-state index contributed by atoms with van der Waals surface area (Å²) in [6.45, 7) is 0.877. The fourth-order valence-electron chi connectivity index (χ4n) is 2.09. The molecule has 1 aliphatic rings. The summed E-state index contributed by atoms with van der Waals surface area (Å²) >= 11 is 0. The van der Waals surface area contributed by atoms with Gasteiger partial charge in [-0.2, -0.15) is 5.10 Å². The predicted octanol–water partition coefficient (Wildman–Crippen LogP) is 1.72. The maximum atomic E-state index is 4.60. The number of hydrogen-bond acceptors (Lipinski definition) is 3. The Labute approximate surface area is 94.7 Å². The summed E-state index contributed by atoms with van der Waals surface area (Å²) in [6, 6.07) is 4.19. The van der Waals surface area contributed by atoms with Gasteiger partial charge in [0, 0.05) is 18.7 Å². The molecule has 1 saturated carbocycles. The number of aromatic nitrogens is 3.